The van der Waals surface area contributed by atoms with Crippen LogP contribution in [0.25, 0.3) is 0 Å². The summed E-state index contributed by atoms with van der Waals surface area (Å²) in [6.07, 6.45) is 3.66. The van der Waals surface area contributed by atoms with E-state index in [1.807, 2.05) is 19.1 Å². The first-order valence-corrected chi connectivity index (χ1v) is 12.0. The highest BCUT2D eigenvalue weighted by molar-refractivity contribution is 14.0. The SMILES string of the molecule is CCNC(=NCc1ccccc1S(=O)(=O)N(C)C)NCCCN1CCC(C)CC1.I. The maximum absolute atomic E-state index is 12.5. The summed E-state index contributed by atoms with van der Waals surface area (Å²) >= 11 is 0. The fraction of sp³-hybridized carbons (Fsp3) is 0.667. The van der Waals surface area contributed by atoms with Gasteiger partial charge in [-0.25, -0.2) is 17.7 Å². The van der Waals surface area contributed by atoms with E-state index in [0.29, 0.717) is 17.0 Å². The Kier molecular flexibility index (Phi) is 12.2. The molecule has 0 atom stereocenters. The number of likely N-dealkylation sites (tertiary alicyclic amines) is 1. The second-order valence-corrected chi connectivity index (χ2v) is 10.0. The molecule has 2 N–H and O–H groups in total. The zero-order valence-electron chi connectivity index (χ0n) is 18.7. The Balaban J connectivity index is 0.00000450. The molecule has 0 spiro atoms. The van der Waals surface area contributed by atoms with E-state index in [-0.39, 0.29) is 24.0 Å². The van der Waals surface area contributed by atoms with E-state index in [1.54, 1.807) is 26.2 Å². The third kappa shape index (κ3) is 8.32. The van der Waals surface area contributed by atoms with Gasteiger partial charge < -0.3 is 15.5 Å². The smallest absolute Gasteiger partial charge is 0.242 e. The van der Waals surface area contributed by atoms with Crippen LogP contribution in [0.1, 0.15) is 38.7 Å². The molecule has 0 bridgehead atoms. The molecule has 30 heavy (non-hydrogen) atoms. The predicted octanol–water partition coefficient (Wildman–Crippen LogP) is 2.73. The van der Waals surface area contributed by atoms with Crippen LogP contribution in [0.4, 0.5) is 0 Å². The van der Waals surface area contributed by atoms with Crippen LogP contribution in [-0.2, 0) is 16.6 Å². The number of hydrogen-bond donors (Lipinski definition) is 2. The van der Waals surface area contributed by atoms with Gasteiger partial charge in [0.15, 0.2) is 5.96 Å². The average Bonchev–Trinajstić information content (AvgIpc) is 2.70. The summed E-state index contributed by atoms with van der Waals surface area (Å²) in [5.74, 6) is 1.58. The highest BCUT2D eigenvalue weighted by atomic mass is 127. The minimum atomic E-state index is -3.49. The van der Waals surface area contributed by atoms with Crippen molar-refractivity contribution in [2.24, 2.45) is 10.9 Å². The molecule has 0 aromatic heterocycles. The summed E-state index contributed by atoms with van der Waals surface area (Å²) in [4.78, 5) is 7.45. The summed E-state index contributed by atoms with van der Waals surface area (Å²) in [5.41, 5.74) is 0.695. The second-order valence-electron chi connectivity index (χ2n) is 7.89. The van der Waals surface area contributed by atoms with Gasteiger partial charge >= 0.3 is 0 Å². The number of guanidine groups is 1. The van der Waals surface area contributed by atoms with Crippen molar-refractivity contribution in [2.45, 2.75) is 44.6 Å². The molecular weight excluding hydrogens is 513 g/mol. The molecule has 1 heterocycles. The van der Waals surface area contributed by atoms with Crippen LogP contribution < -0.4 is 10.6 Å². The normalized spacial score (nSPS) is 16.4. The summed E-state index contributed by atoms with van der Waals surface area (Å²) < 4.78 is 26.3. The first-order valence-electron chi connectivity index (χ1n) is 10.6. The molecular formula is C21H38IN5O2S. The van der Waals surface area contributed by atoms with Crippen molar-refractivity contribution in [3.63, 3.8) is 0 Å². The maximum Gasteiger partial charge on any atom is 0.242 e. The molecule has 1 aromatic rings. The molecule has 2 rings (SSSR count). The number of sulfonamides is 1. The van der Waals surface area contributed by atoms with Gasteiger partial charge in [-0.3, -0.25) is 0 Å². The Morgan fingerprint density at radius 1 is 1.20 bits per heavy atom. The van der Waals surface area contributed by atoms with Crippen LogP contribution >= 0.6 is 24.0 Å². The van der Waals surface area contributed by atoms with Gasteiger partial charge in [-0.05, 0) is 63.4 Å². The zero-order valence-corrected chi connectivity index (χ0v) is 21.9. The molecule has 1 aromatic carbocycles. The largest absolute Gasteiger partial charge is 0.357 e. The number of nitrogens with zero attached hydrogens (tertiary/aromatic N) is 3. The summed E-state index contributed by atoms with van der Waals surface area (Å²) in [6.45, 7) is 9.77. The van der Waals surface area contributed by atoms with Crippen LogP contribution in [0.2, 0.25) is 0 Å². The van der Waals surface area contributed by atoms with Gasteiger partial charge in [-0.2, -0.15) is 0 Å². The van der Waals surface area contributed by atoms with Crippen molar-refractivity contribution < 1.29 is 8.42 Å². The van der Waals surface area contributed by atoms with Crippen molar-refractivity contribution in [1.82, 2.24) is 19.8 Å². The average molecular weight is 552 g/mol. The fourth-order valence-electron chi connectivity index (χ4n) is 3.38. The summed E-state index contributed by atoms with van der Waals surface area (Å²) in [7, 11) is -0.396. The van der Waals surface area contributed by atoms with Crippen molar-refractivity contribution in [2.75, 3.05) is 46.8 Å². The fourth-order valence-corrected chi connectivity index (χ4v) is 4.49. The van der Waals surface area contributed by atoms with E-state index in [9.17, 15) is 8.42 Å². The van der Waals surface area contributed by atoms with Gasteiger partial charge in [-0.1, -0.05) is 25.1 Å². The van der Waals surface area contributed by atoms with Crippen molar-refractivity contribution in [3.05, 3.63) is 29.8 Å². The molecule has 1 saturated heterocycles. The molecule has 0 aliphatic carbocycles. The first kappa shape index (κ1) is 27.1. The second kappa shape index (κ2) is 13.5. The third-order valence-corrected chi connectivity index (χ3v) is 7.22. The maximum atomic E-state index is 12.5. The van der Waals surface area contributed by atoms with Gasteiger partial charge in [-0.15, -0.1) is 24.0 Å². The minimum Gasteiger partial charge on any atom is -0.357 e. The van der Waals surface area contributed by atoms with Crippen LogP contribution in [0.5, 0.6) is 0 Å². The van der Waals surface area contributed by atoms with Gasteiger partial charge in [0.25, 0.3) is 0 Å². The predicted molar refractivity (Wildman–Crippen MR) is 135 cm³/mol. The van der Waals surface area contributed by atoms with E-state index in [1.165, 1.54) is 30.2 Å². The Bertz CT molecular complexity index is 762. The van der Waals surface area contributed by atoms with Crippen LogP contribution in [0.15, 0.2) is 34.2 Å². The molecule has 0 unspecified atom stereocenters. The monoisotopic (exact) mass is 551 g/mol. The number of rotatable bonds is 9. The van der Waals surface area contributed by atoms with Crippen molar-refractivity contribution in [3.8, 4) is 0 Å². The topological polar surface area (TPSA) is 77.0 Å². The van der Waals surface area contributed by atoms with Gasteiger partial charge in [0.2, 0.25) is 10.0 Å². The molecule has 1 aliphatic heterocycles. The molecule has 9 heteroatoms. The first-order chi connectivity index (χ1) is 13.8. The number of aliphatic imine (C=N–C) groups is 1. The lowest BCUT2D eigenvalue weighted by molar-refractivity contribution is 0.191. The van der Waals surface area contributed by atoms with Crippen LogP contribution in [-0.4, -0.2) is 70.4 Å². The lowest BCUT2D eigenvalue weighted by atomic mass is 9.99. The minimum absolute atomic E-state index is 0. The van der Waals surface area contributed by atoms with E-state index in [4.69, 9.17) is 0 Å². The Morgan fingerprint density at radius 3 is 2.50 bits per heavy atom. The standard InChI is InChI=1S/C21H37N5O2S.HI/c1-5-22-21(23-13-8-14-26-15-11-18(2)12-16-26)24-17-19-9-6-7-10-20(19)29(27,28)25(3)4;/h6-7,9-10,18H,5,8,11-17H2,1-4H3,(H2,22,23,24);1H. The Morgan fingerprint density at radius 2 is 1.87 bits per heavy atom. The number of hydrogen-bond acceptors (Lipinski definition) is 4. The van der Waals surface area contributed by atoms with Gasteiger partial charge in [0, 0.05) is 27.2 Å². The van der Waals surface area contributed by atoms with Crippen LogP contribution in [0, 0.1) is 5.92 Å². The van der Waals surface area contributed by atoms with Gasteiger partial charge in [0.1, 0.15) is 0 Å². The lowest BCUT2D eigenvalue weighted by Gasteiger charge is -2.30. The lowest BCUT2D eigenvalue weighted by Crippen LogP contribution is -2.39. The number of piperidine rings is 1. The quantitative estimate of drug-likeness (QED) is 0.214. The molecule has 0 saturated carbocycles. The molecule has 1 aliphatic rings. The molecule has 0 radical (unpaired) electrons. The molecule has 0 amide bonds. The van der Waals surface area contributed by atoms with E-state index < -0.39 is 10.0 Å². The number of halogens is 1. The van der Waals surface area contributed by atoms with Crippen molar-refractivity contribution in [1.29, 1.82) is 0 Å². The highest BCUT2D eigenvalue weighted by Crippen LogP contribution is 2.19. The Labute approximate surface area is 199 Å². The summed E-state index contributed by atoms with van der Waals surface area (Å²) in [6, 6.07) is 7.05. The third-order valence-electron chi connectivity index (χ3n) is 5.30. The highest BCUT2D eigenvalue weighted by Gasteiger charge is 2.20. The zero-order chi connectivity index (χ0) is 21.3. The molecule has 172 valence electrons. The van der Waals surface area contributed by atoms with Crippen molar-refractivity contribution >= 4 is 40.0 Å². The summed E-state index contributed by atoms with van der Waals surface area (Å²) in [5, 5.41) is 6.62. The Hall–Kier alpha value is -0.910. The number of nitrogens with one attached hydrogen (secondary N) is 2. The number of benzene rings is 1. The van der Waals surface area contributed by atoms with Gasteiger partial charge in [0.05, 0.1) is 11.4 Å². The van der Waals surface area contributed by atoms with E-state index >= 15 is 0 Å². The van der Waals surface area contributed by atoms with E-state index in [0.717, 1.165) is 37.9 Å². The van der Waals surface area contributed by atoms with E-state index in [2.05, 4.69) is 27.4 Å². The molecule has 1 fully saturated rings. The van der Waals surface area contributed by atoms with Crippen LogP contribution in [0.3, 0.4) is 0 Å². The molecule has 7 nitrogen and oxygen atoms in total.